The summed E-state index contributed by atoms with van der Waals surface area (Å²) in [6.07, 6.45) is 0. The number of carboxylic acid groups (broad SMARTS) is 1. The molecule has 0 aliphatic heterocycles. The third kappa shape index (κ3) is 2.00. The monoisotopic (exact) mass is 291 g/mol. The number of halogens is 1. The number of hydrogen-bond acceptors (Lipinski definition) is 2. The Hall–Kier alpha value is -0.620. The zero-order chi connectivity index (χ0) is 10.1. The van der Waals surface area contributed by atoms with Crippen molar-refractivity contribution in [1.29, 1.82) is 0 Å². The lowest BCUT2D eigenvalue weighted by atomic mass is 9.94. The van der Waals surface area contributed by atoms with Gasteiger partial charge in [-0.15, -0.1) is 0 Å². The van der Waals surface area contributed by atoms with Gasteiger partial charge in [0.2, 0.25) is 0 Å². The van der Waals surface area contributed by atoms with Crippen molar-refractivity contribution in [3.63, 3.8) is 0 Å². The molecule has 0 aliphatic carbocycles. The minimum atomic E-state index is -1.31. The summed E-state index contributed by atoms with van der Waals surface area (Å²) in [5.41, 5.74) is 5.01. The van der Waals surface area contributed by atoms with Crippen molar-refractivity contribution in [3.05, 3.63) is 33.4 Å². The van der Waals surface area contributed by atoms with Crippen LogP contribution in [-0.2, 0) is 10.3 Å². The van der Waals surface area contributed by atoms with Crippen molar-refractivity contribution in [2.24, 2.45) is 5.73 Å². The zero-order valence-corrected chi connectivity index (χ0v) is 9.28. The number of nitrogens with two attached hydrogens (primary N) is 1. The first-order chi connectivity index (χ1) is 5.96. The van der Waals surface area contributed by atoms with Crippen molar-refractivity contribution in [1.82, 2.24) is 0 Å². The number of rotatable bonds is 2. The fourth-order valence-corrected chi connectivity index (χ4v) is 1.95. The van der Waals surface area contributed by atoms with Crippen LogP contribution in [0.1, 0.15) is 12.5 Å². The van der Waals surface area contributed by atoms with Crippen LogP contribution in [-0.4, -0.2) is 11.1 Å². The van der Waals surface area contributed by atoms with E-state index in [1.807, 2.05) is 12.1 Å². The standard InChI is InChI=1S/C9H10INO2/c1-9(11,8(12)13)6-4-2-3-5-7(6)10/h2-5H,11H2,1H3,(H,12,13)/t9-/m1/s1. The Kier molecular flexibility index (Phi) is 2.92. The highest BCUT2D eigenvalue weighted by atomic mass is 127. The van der Waals surface area contributed by atoms with Crippen LogP contribution in [0.2, 0.25) is 0 Å². The second-order valence-electron chi connectivity index (χ2n) is 2.99. The topological polar surface area (TPSA) is 63.3 Å². The van der Waals surface area contributed by atoms with Crippen LogP contribution in [0, 0.1) is 3.57 Å². The largest absolute Gasteiger partial charge is 0.480 e. The van der Waals surface area contributed by atoms with Crippen molar-refractivity contribution in [2.75, 3.05) is 0 Å². The van der Waals surface area contributed by atoms with E-state index in [1.165, 1.54) is 6.92 Å². The normalized spacial score (nSPS) is 15.0. The van der Waals surface area contributed by atoms with E-state index in [2.05, 4.69) is 22.6 Å². The number of hydrogen-bond donors (Lipinski definition) is 2. The second-order valence-corrected chi connectivity index (χ2v) is 4.15. The highest BCUT2D eigenvalue weighted by Gasteiger charge is 2.31. The van der Waals surface area contributed by atoms with Crippen LogP contribution in [0.3, 0.4) is 0 Å². The van der Waals surface area contributed by atoms with Crippen LogP contribution in [0.15, 0.2) is 24.3 Å². The van der Waals surface area contributed by atoms with E-state index in [9.17, 15) is 4.79 Å². The maximum absolute atomic E-state index is 10.8. The van der Waals surface area contributed by atoms with Gasteiger partial charge in [0.15, 0.2) is 0 Å². The van der Waals surface area contributed by atoms with Gasteiger partial charge >= 0.3 is 5.97 Å². The summed E-state index contributed by atoms with van der Waals surface area (Å²) in [5, 5.41) is 8.89. The van der Waals surface area contributed by atoms with E-state index in [1.54, 1.807) is 12.1 Å². The smallest absolute Gasteiger partial charge is 0.328 e. The summed E-state index contributed by atoms with van der Waals surface area (Å²) in [6.45, 7) is 1.49. The molecule has 3 N–H and O–H groups in total. The molecule has 0 spiro atoms. The molecule has 0 aromatic heterocycles. The van der Waals surface area contributed by atoms with Crippen molar-refractivity contribution < 1.29 is 9.90 Å². The molecule has 0 unspecified atom stereocenters. The Labute approximate surface area is 90.1 Å². The van der Waals surface area contributed by atoms with Crippen molar-refractivity contribution in [2.45, 2.75) is 12.5 Å². The Morgan fingerprint density at radius 2 is 2.08 bits per heavy atom. The molecule has 1 aromatic carbocycles. The number of carbonyl (C=O) groups is 1. The van der Waals surface area contributed by atoms with Gasteiger partial charge in [0.1, 0.15) is 5.54 Å². The van der Waals surface area contributed by atoms with Gasteiger partial charge in [0.05, 0.1) is 0 Å². The van der Waals surface area contributed by atoms with E-state index >= 15 is 0 Å². The average Bonchev–Trinajstić information content (AvgIpc) is 2.04. The highest BCUT2D eigenvalue weighted by molar-refractivity contribution is 14.1. The van der Waals surface area contributed by atoms with Crippen LogP contribution in [0.5, 0.6) is 0 Å². The van der Waals surface area contributed by atoms with E-state index in [0.29, 0.717) is 5.56 Å². The van der Waals surface area contributed by atoms with Gasteiger partial charge in [-0.3, -0.25) is 0 Å². The van der Waals surface area contributed by atoms with Gasteiger partial charge in [0, 0.05) is 3.57 Å². The lowest BCUT2D eigenvalue weighted by Crippen LogP contribution is -2.42. The van der Waals surface area contributed by atoms with E-state index in [0.717, 1.165) is 3.57 Å². The quantitative estimate of drug-likeness (QED) is 0.813. The molecule has 0 amide bonds. The van der Waals surface area contributed by atoms with Crippen LogP contribution < -0.4 is 5.73 Å². The van der Waals surface area contributed by atoms with Gasteiger partial charge in [-0.25, -0.2) is 4.79 Å². The SMILES string of the molecule is C[C@](N)(C(=O)O)c1ccccc1I. The minimum Gasteiger partial charge on any atom is -0.480 e. The number of aliphatic carboxylic acids is 1. The maximum Gasteiger partial charge on any atom is 0.328 e. The predicted molar refractivity (Wildman–Crippen MR) is 58.3 cm³/mol. The Bertz CT molecular complexity index is 336. The third-order valence-corrected chi connectivity index (χ3v) is 2.82. The van der Waals surface area contributed by atoms with Gasteiger partial charge in [-0.05, 0) is 41.1 Å². The minimum absolute atomic E-state index is 0.642. The summed E-state index contributed by atoms with van der Waals surface area (Å²) < 4.78 is 0.868. The molecule has 0 saturated carbocycles. The molecule has 4 heteroatoms. The van der Waals surface area contributed by atoms with Crippen LogP contribution in [0.25, 0.3) is 0 Å². The summed E-state index contributed by atoms with van der Waals surface area (Å²) in [5.74, 6) is -1.02. The van der Waals surface area contributed by atoms with Gasteiger partial charge in [-0.1, -0.05) is 18.2 Å². The molecular weight excluding hydrogens is 281 g/mol. The molecule has 0 radical (unpaired) electrons. The second kappa shape index (κ2) is 3.63. The molecule has 0 bridgehead atoms. The predicted octanol–water partition coefficient (Wildman–Crippen LogP) is 1.55. The Balaban J connectivity index is 3.22. The Morgan fingerprint density at radius 1 is 1.54 bits per heavy atom. The molecule has 0 fully saturated rings. The summed E-state index contributed by atoms with van der Waals surface area (Å²) >= 11 is 2.08. The van der Waals surface area contributed by atoms with Crippen molar-refractivity contribution >= 4 is 28.6 Å². The molecule has 1 aromatic rings. The lowest BCUT2D eigenvalue weighted by molar-refractivity contribution is -0.143. The molecule has 0 aliphatic rings. The fraction of sp³-hybridized carbons (Fsp3) is 0.222. The van der Waals surface area contributed by atoms with Gasteiger partial charge < -0.3 is 10.8 Å². The molecule has 13 heavy (non-hydrogen) atoms. The molecule has 3 nitrogen and oxygen atoms in total. The number of benzene rings is 1. The summed E-state index contributed by atoms with van der Waals surface area (Å²) in [6, 6.07) is 7.20. The number of carboxylic acids is 1. The first-order valence-electron chi connectivity index (χ1n) is 3.73. The van der Waals surface area contributed by atoms with E-state index in [4.69, 9.17) is 10.8 Å². The van der Waals surface area contributed by atoms with E-state index < -0.39 is 11.5 Å². The van der Waals surface area contributed by atoms with Crippen LogP contribution in [0.4, 0.5) is 0 Å². The van der Waals surface area contributed by atoms with Crippen LogP contribution >= 0.6 is 22.6 Å². The molecule has 1 rings (SSSR count). The summed E-state index contributed by atoms with van der Waals surface area (Å²) in [4.78, 5) is 10.8. The Morgan fingerprint density at radius 3 is 2.54 bits per heavy atom. The van der Waals surface area contributed by atoms with E-state index in [-0.39, 0.29) is 0 Å². The maximum atomic E-state index is 10.8. The van der Waals surface area contributed by atoms with Crippen molar-refractivity contribution in [3.8, 4) is 0 Å². The average molecular weight is 291 g/mol. The zero-order valence-electron chi connectivity index (χ0n) is 7.12. The molecule has 0 heterocycles. The first-order valence-corrected chi connectivity index (χ1v) is 4.81. The van der Waals surface area contributed by atoms with Gasteiger partial charge in [-0.2, -0.15) is 0 Å². The third-order valence-electron chi connectivity index (χ3n) is 1.88. The van der Waals surface area contributed by atoms with Gasteiger partial charge in [0.25, 0.3) is 0 Å². The molecular formula is C9H10INO2. The first kappa shape index (κ1) is 10.5. The molecule has 0 saturated heterocycles. The molecule has 70 valence electrons. The highest BCUT2D eigenvalue weighted by Crippen LogP contribution is 2.23. The lowest BCUT2D eigenvalue weighted by Gasteiger charge is -2.20. The molecule has 1 atom stereocenters. The fourth-order valence-electron chi connectivity index (χ4n) is 0.998. The summed E-state index contributed by atoms with van der Waals surface area (Å²) in [7, 11) is 0.